The number of nitrogens with zero attached hydrogens (tertiary/aromatic N) is 2. The molecule has 0 aliphatic heterocycles. The van der Waals surface area contributed by atoms with E-state index in [0.29, 0.717) is 23.7 Å². The second kappa shape index (κ2) is 10.2. The lowest BCUT2D eigenvalue weighted by Crippen LogP contribution is -2.21. The molecule has 3 N–H and O–H groups in total. The van der Waals surface area contributed by atoms with Gasteiger partial charge in [0.25, 0.3) is 0 Å². The normalized spacial score (nSPS) is 12.2. The Morgan fingerprint density at radius 1 is 1.03 bits per heavy atom. The summed E-state index contributed by atoms with van der Waals surface area (Å²) in [4.78, 5) is 8.77. The smallest absolute Gasteiger partial charge is 0.494 e. The molecule has 0 aliphatic carbocycles. The third-order valence-electron chi connectivity index (χ3n) is 4.18. The molecule has 2 aromatic carbocycles. The van der Waals surface area contributed by atoms with Gasteiger partial charge in [0.2, 0.25) is 5.95 Å². The number of hydrogen-bond donors (Lipinski definition) is 3. The number of aromatic nitrogens is 2. The first-order valence-electron chi connectivity index (χ1n) is 9.88. The molecule has 0 unspecified atom stereocenters. The Labute approximate surface area is 183 Å². The van der Waals surface area contributed by atoms with E-state index in [9.17, 15) is 18.3 Å². The van der Waals surface area contributed by atoms with E-state index in [4.69, 9.17) is 4.74 Å². The van der Waals surface area contributed by atoms with E-state index in [2.05, 4.69) is 25.3 Å². The first-order chi connectivity index (χ1) is 15.3. The van der Waals surface area contributed by atoms with Gasteiger partial charge in [0.15, 0.2) is 0 Å². The first-order valence-corrected chi connectivity index (χ1v) is 9.88. The number of nitrogens with one attached hydrogen (secondary N) is 2. The lowest BCUT2D eigenvalue weighted by Gasteiger charge is -2.15. The fraction of sp³-hybridized carbons (Fsp3) is 0.273. The van der Waals surface area contributed by atoms with Crippen LogP contribution in [-0.4, -0.2) is 40.7 Å². The van der Waals surface area contributed by atoms with Crippen LogP contribution in [0.3, 0.4) is 0 Å². The number of rotatable bonds is 9. The van der Waals surface area contributed by atoms with Gasteiger partial charge in [-0.05, 0) is 50.2 Å². The summed E-state index contributed by atoms with van der Waals surface area (Å²) in [6.07, 6.45) is -4.80. The molecule has 0 aliphatic rings. The van der Waals surface area contributed by atoms with Gasteiger partial charge < -0.3 is 25.2 Å². The van der Waals surface area contributed by atoms with Gasteiger partial charge >= 0.3 is 6.36 Å². The number of aliphatic hydroxyl groups excluding tert-OH is 1. The predicted octanol–water partition coefficient (Wildman–Crippen LogP) is 4.98. The van der Waals surface area contributed by atoms with Crippen molar-refractivity contribution in [3.8, 4) is 22.8 Å². The highest BCUT2D eigenvalue weighted by molar-refractivity contribution is 5.68. The fourth-order valence-corrected chi connectivity index (χ4v) is 2.79. The molecule has 0 saturated carbocycles. The third kappa shape index (κ3) is 6.74. The molecule has 0 radical (unpaired) electrons. The van der Waals surface area contributed by atoms with E-state index < -0.39 is 6.36 Å². The molecule has 0 spiro atoms. The molecular weight excluding hydrogens is 425 g/mol. The topological polar surface area (TPSA) is 88.5 Å². The van der Waals surface area contributed by atoms with Gasteiger partial charge in [-0.1, -0.05) is 12.1 Å². The Kier molecular flexibility index (Phi) is 7.37. The maximum Gasteiger partial charge on any atom is 0.573 e. The molecule has 32 heavy (non-hydrogen) atoms. The minimum atomic E-state index is -4.80. The molecule has 3 aromatic rings. The molecule has 0 amide bonds. The molecule has 170 valence electrons. The summed E-state index contributed by atoms with van der Waals surface area (Å²) in [6.45, 7) is 4.04. The van der Waals surface area contributed by atoms with Crippen molar-refractivity contribution in [2.45, 2.75) is 26.3 Å². The minimum absolute atomic E-state index is 0.149. The summed E-state index contributed by atoms with van der Waals surface area (Å²) < 4.78 is 47.3. The van der Waals surface area contributed by atoms with Crippen LogP contribution in [0.1, 0.15) is 13.8 Å². The highest BCUT2D eigenvalue weighted by Gasteiger charge is 2.31. The number of halogens is 3. The average Bonchev–Trinajstić information content (AvgIpc) is 2.74. The van der Waals surface area contributed by atoms with Crippen molar-refractivity contribution in [1.82, 2.24) is 9.97 Å². The minimum Gasteiger partial charge on any atom is -0.494 e. The summed E-state index contributed by atoms with van der Waals surface area (Å²) in [6, 6.07) is 14.0. The van der Waals surface area contributed by atoms with E-state index in [1.54, 1.807) is 31.2 Å². The molecule has 0 bridgehead atoms. The predicted molar refractivity (Wildman–Crippen MR) is 115 cm³/mol. The number of ether oxygens (including phenoxy) is 2. The highest BCUT2D eigenvalue weighted by Crippen LogP contribution is 2.29. The van der Waals surface area contributed by atoms with Crippen LogP contribution in [0.2, 0.25) is 0 Å². The largest absolute Gasteiger partial charge is 0.573 e. The highest BCUT2D eigenvalue weighted by atomic mass is 19.4. The van der Waals surface area contributed by atoms with Crippen LogP contribution in [-0.2, 0) is 0 Å². The zero-order valence-corrected chi connectivity index (χ0v) is 17.5. The summed E-state index contributed by atoms with van der Waals surface area (Å²) in [5, 5.41) is 15.4. The second-order valence-electron chi connectivity index (χ2n) is 6.85. The van der Waals surface area contributed by atoms with Crippen molar-refractivity contribution in [2.24, 2.45) is 0 Å². The van der Waals surface area contributed by atoms with E-state index in [0.717, 1.165) is 11.4 Å². The molecular formula is C22H23F3N4O3. The third-order valence-corrected chi connectivity index (χ3v) is 4.18. The van der Waals surface area contributed by atoms with Gasteiger partial charge in [-0.2, -0.15) is 4.98 Å². The van der Waals surface area contributed by atoms with Gasteiger partial charge in [0.05, 0.1) is 18.9 Å². The van der Waals surface area contributed by atoms with E-state index in [-0.39, 0.29) is 24.3 Å². The van der Waals surface area contributed by atoms with Crippen LogP contribution < -0.4 is 20.1 Å². The zero-order valence-electron chi connectivity index (χ0n) is 17.5. The summed E-state index contributed by atoms with van der Waals surface area (Å²) in [7, 11) is 0. The average molecular weight is 448 g/mol. The Morgan fingerprint density at radius 2 is 1.78 bits per heavy atom. The van der Waals surface area contributed by atoms with E-state index in [1.807, 2.05) is 19.1 Å². The standard InChI is InChI=1S/C22H23F3N4O3/c1-3-31-17-9-7-16(8-10-17)27-20-12-19(28-21(29-20)26-14(2)13-30)15-5-4-6-18(11-15)32-22(23,24)25/h4-12,14,30H,3,13H2,1-2H3,(H2,26,27,28,29)/t14-/m0/s1. The molecule has 7 nitrogen and oxygen atoms in total. The Bertz CT molecular complexity index is 1030. The van der Waals surface area contributed by atoms with Gasteiger partial charge in [0, 0.05) is 23.4 Å². The first kappa shape index (κ1) is 23.1. The molecule has 1 heterocycles. The lowest BCUT2D eigenvalue weighted by atomic mass is 10.1. The molecule has 0 fully saturated rings. The van der Waals surface area contributed by atoms with Crippen molar-refractivity contribution in [3.05, 3.63) is 54.6 Å². The van der Waals surface area contributed by atoms with Crippen molar-refractivity contribution in [1.29, 1.82) is 0 Å². The summed E-state index contributed by atoms with van der Waals surface area (Å²) >= 11 is 0. The van der Waals surface area contributed by atoms with Crippen molar-refractivity contribution >= 4 is 17.5 Å². The van der Waals surface area contributed by atoms with Crippen LogP contribution >= 0.6 is 0 Å². The van der Waals surface area contributed by atoms with Gasteiger partial charge in [-0.3, -0.25) is 0 Å². The molecule has 0 saturated heterocycles. The lowest BCUT2D eigenvalue weighted by molar-refractivity contribution is -0.274. The molecule has 1 atom stereocenters. The zero-order chi connectivity index (χ0) is 23.1. The van der Waals surface area contributed by atoms with Crippen molar-refractivity contribution < 1.29 is 27.8 Å². The quantitative estimate of drug-likeness (QED) is 0.426. The monoisotopic (exact) mass is 448 g/mol. The van der Waals surface area contributed by atoms with Crippen LogP contribution in [0.25, 0.3) is 11.3 Å². The van der Waals surface area contributed by atoms with Gasteiger partial charge in [-0.25, -0.2) is 4.98 Å². The van der Waals surface area contributed by atoms with E-state index in [1.165, 1.54) is 18.2 Å². The van der Waals surface area contributed by atoms with Gasteiger partial charge in [-0.15, -0.1) is 13.2 Å². The second-order valence-corrected chi connectivity index (χ2v) is 6.85. The fourth-order valence-electron chi connectivity index (χ4n) is 2.79. The Balaban J connectivity index is 1.93. The Morgan fingerprint density at radius 3 is 2.44 bits per heavy atom. The number of aliphatic hydroxyl groups is 1. The molecule has 10 heteroatoms. The summed E-state index contributed by atoms with van der Waals surface area (Å²) in [5.41, 5.74) is 1.51. The maximum atomic E-state index is 12.6. The number of benzene rings is 2. The summed E-state index contributed by atoms with van der Waals surface area (Å²) in [5.74, 6) is 0.989. The maximum absolute atomic E-state index is 12.6. The van der Waals surface area contributed by atoms with Crippen molar-refractivity contribution in [3.63, 3.8) is 0 Å². The number of alkyl halides is 3. The Hall–Kier alpha value is -3.53. The number of anilines is 3. The molecule has 3 rings (SSSR count). The van der Waals surface area contributed by atoms with E-state index >= 15 is 0 Å². The molecule has 1 aromatic heterocycles. The van der Waals surface area contributed by atoms with Crippen LogP contribution in [0.5, 0.6) is 11.5 Å². The van der Waals surface area contributed by atoms with Gasteiger partial charge in [0.1, 0.15) is 17.3 Å². The van der Waals surface area contributed by atoms with Crippen LogP contribution in [0.15, 0.2) is 54.6 Å². The van der Waals surface area contributed by atoms with Crippen LogP contribution in [0, 0.1) is 0 Å². The number of hydrogen-bond acceptors (Lipinski definition) is 7. The SMILES string of the molecule is CCOc1ccc(Nc2cc(-c3cccc(OC(F)(F)F)c3)nc(N[C@@H](C)CO)n2)cc1. The van der Waals surface area contributed by atoms with Crippen LogP contribution in [0.4, 0.5) is 30.6 Å². The van der Waals surface area contributed by atoms with Crippen molar-refractivity contribution in [2.75, 3.05) is 23.8 Å².